The van der Waals surface area contributed by atoms with Crippen LogP contribution in [0.5, 0.6) is 11.5 Å². The molecule has 0 saturated carbocycles. The van der Waals surface area contributed by atoms with Crippen molar-refractivity contribution in [3.05, 3.63) is 44.6 Å². The number of halogens is 1. The molecule has 1 aromatic heterocycles. The van der Waals surface area contributed by atoms with Crippen LogP contribution in [0, 0.1) is 0 Å². The minimum atomic E-state index is 0.237. The van der Waals surface area contributed by atoms with Gasteiger partial charge in [-0.05, 0) is 58.7 Å². The van der Waals surface area contributed by atoms with Gasteiger partial charge in [0.2, 0.25) is 0 Å². The summed E-state index contributed by atoms with van der Waals surface area (Å²) in [5.74, 6) is 1.55. The average molecular weight is 411 g/mol. The Hall–Kier alpha value is -1.08. The molecule has 0 spiro atoms. The normalized spacial score (nSPS) is 17.3. The van der Waals surface area contributed by atoms with E-state index in [0.29, 0.717) is 0 Å². The number of benzene rings is 1. The van der Waals surface area contributed by atoms with Crippen molar-refractivity contribution in [1.29, 1.82) is 0 Å². The summed E-state index contributed by atoms with van der Waals surface area (Å²) in [7, 11) is 3.36. The Morgan fingerprint density at radius 1 is 1.08 bits per heavy atom. The van der Waals surface area contributed by atoms with E-state index in [1.54, 1.807) is 25.6 Å². The molecule has 0 bridgehead atoms. The SMILES string of the molecule is COc1ccc(C(c2ccc(Br)s2)N2CCCNCC2)cc1OC. The number of nitrogens with zero attached hydrogens (tertiary/aromatic N) is 1. The molecular weight excluding hydrogens is 388 g/mol. The van der Waals surface area contributed by atoms with Crippen LogP contribution < -0.4 is 14.8 Å². The van der Waals surface area contributed by atoms with E-state index < -0.39 is 0 Å². The Bertz CT molecular complexity index is 669. The largest absolute Gasteiger partial charge is 0.493 e. The van der Waals surface area contributed by atoms with Gasteiger partial charge < -0.3 is 14.8 Å². The number of hydrogen-bond acceptors (Lipinski definition) is 5. The van der Waals surface area contributed by atoms with Gasteiger partial charge in [0.15, 0.2) is 11.5 Å². The van der Waals surface area contributed by atoms with Gasteiger partial charge in [0.05, 0.1) is 24.0 Å². The van der Waals surface area contributed by atoms with Crippen LogP contribution in [-0.4, -0.2) is 45.3 Å². The van der Waals surface area contributed by atoms with Crippen molar-refractivity contribution in [2.45, 2.75) is 12.5 Å². The van der Waals surface area contributed by atoms with Gasteiger partial charge in [-0.2, -0.15) is 0 Å². The van der Waals surface area contributed by atoms with Gasteiger partial charge in [-0.25, -0.2) is 0 Å². The standard InChI is InChI=1S/C18H23BrN2O2S/c1-22-14-5-4-13(12-15(14)23-2)18(16-6-7-17(19)24-16)21-10-3-8-20-9-11-21/h4-7,12,18,20H,3,8-11H2,1-2H3. The predicted molar refractivity (Wildman–Crippen MR) is 102 cm³/mol. The molecule has 0 amide bonds. The molecule has 1 aromatic carbocycles. The number of nitrogens with one attached hydrogen (secondary N) is 1. The maximum absolute atomic E-state index is 5.52. The van der Waals surface area contributed by atoms with Crippen LogP contribution in [0.2, 0.25) is 0 Å². The fraction of sp³-hybridized carbons (Fsp3) is 0.444. The van der Waals surface area contributed by atoms with Crippen LogP contribution in [0.3, 0.4) is 0 Å². The van der Waals surface area contributed by atoms with E-state index in [1.807, 2.05) is 6.07 Å². The van der Waals surface area contributed by atoms with Crippen molar-refractivity contribution in [2.24, 2.45) is 0 Å². The third-order valence-electron chi connectivity index (χ3n) is 4.33. The first-order valence-electron chi connectivity index (χ1n) is 8.15. The van der Waals surface area contributed by atoms with E-state index in [1.165, 1.54) is 10.4 Å². The molecule has 0 radical (unpaired) electrons. The van der Waals surface area contributed by atoms with Crippen molar-refractivity contribution < 1.29 is 9.47 Å². The Morgan fingerprint density at radius 3 is 2.62 bits per heavy atom. The zero-order chi connectivity index (χ0) is 16.9. The summed E-state index contributed by atoms with van der Waals surface area (Å²) in [6.07, 6.45) is 1.16. The van der Waals surface area contributed by atoms with Gasteiger partial charge in [0.1, 0.15) is 0 Å². The van der Waals surface area contributed by atoms with E-state index in [4.69, 9.17) is 9.47 Å². The maximum atomic E-state index is 5.52. The highest BCUT2D eigenvalue weighted by Gasteiger charge is 2.25. The molecule has 1 N–H and O–H groups in total. The summed E-state index contributed by atoms with van der Waals surface area (Å²) in [6, 6.07) is 10.8. The first-order valence-corrected chi connectivity index (χ1v) is 9.76. The fourth-order valence-electron chi connectivity index (χ4n) is 3.18. The highest BCUT2D eigenvalue weighted by molar-refractivity contribution is 9.11. The summed E-state index contributed by atoms with van der Waals surface area (Å²) in [5, 5.41) is 3.49. The first kappa shape index (κ1) is 17.7. The number of ether oxygens (including phenoxy) is 2. The van der Waals surface area contributed by atoms with Crippen molar-refractivity contribution in [1.82, 2.24) is 10.2 Å². The Morgan fingerprint density at radius 2 is 1.92 bits per heavy atom. The smallest absolute Gasteiger partial charge is 0.161 e. The second-order valence-corrected chi connectivity index (χ2v) is 8.29. The Balaban J connectivity index is 2.00. The molecule has 130 valence electrons. The van der Waals surface area contributed by atoms with Crippen LogP contribution in [0.4, 0.5) is 0 Å². The van der Waals surface area contributed by atoms with Crippen molar-refractivity contribution >= 4 is 27.3 Å². The van der Waals surface area contributed by atoms with Crippen LogP contribution >= 0.6 is 27.3 Å². The second kappa shape index (κ2) is 8.34. The number of rotatable bonds is 5. The van der Waals surface area contributed by atoms with E-state index in [-0.39, 0.29) is 6.04 Å². The molecule has 6 heteroatoms. The molecule has 2 heterocycles. The summed E-state index contributed by atoms with van der Waals surface area (Å²) in [5.41, 5.74) is 1.24. The lowest BCUT2D eigenvalue weighted by molar-refractivity contribution is 0.243. The summed E-state index contributed by atoms with van der Waals surface area (Å²) in [6.45, 7) is 4.23. The van der Waals surface area contributed by atoms with Crippen molar-refractivity contribution in [2.75, 3.05) is 40.4 Å². The average Bonchev–Trinajstić information content (AvgIpc) is 2.86. The highest BCUT2D eigenvalue weighted by Crippen LogP contribution is 2.38. The van der Waals surface area contributed by atoms with Crippen LogP contribution in [0.25, 0.3) is 0 Å². The minimum absolute atomic E-state index is 0.237. The third kappa shape index (κ3) is 3.94. The molecule has 1 unspecified atom stereocenters. The molecule has 1 atom stereocenters. The zero-order valence-corrected chi connectivity index (χ0v) is 16.5. The molecule has 3 rings (SSSR count). The molecule has 1 aliphatic heterocycles. The van der Waals surface area contributed by atoms with Crippen LogP contribution in [0.1, 0.15) is 22.9 Å². The van der Waals surface area contributed by atoms with Gasteiger partial charge >= 0.3 is 0 Å². The molecule has 4 nitrogen and oxygen atoms in total. The predicted octanol–water partition coefficient (Wildman–Crippen LogP) is 3.91. The second-order valence-electron chi connectivity index (χ2n) is 5.80. The van der Waals surface area contributed by atoms with Crippen LogP contribution in [0.15, 0.2) is 34.1 Å². The van der Waals surface area contributed by atoms with Crippen LogP contribution in [-0.2, 0) is 0 Å². The first-order chi connectivity index (χ1) is 11.7. The minimum Gasteiger partial charge on any atom is -0.493 e. The van der Waals surface area contributed by atoms with E-state index in [2.05, 4.69) is 50.4 Å². The monoisotopic (exact) mass is 410 g/mol. The number of thiophene rings is 1. The zero-order valence-electron chi connectivity index (χ0n) is 14.0. The summed E-state index contributed by atoms with van der Waals surface area (Å²) < 4.78 is 12.1. The fourth-order valence-corrected chi connectivity index (χ4v) is 4.76. The van der Waals surface area contributed by atoms with Gasteiger partial charge in [-0.1, -0.05) is 6.07 Å². The summed E-state index contributed by atoms with van der Waals surface area (Å²) in [4.78, 5) is 3.90. The molecule has 2 aromatic rings. The van der Waals surface area contributed by atoms with E-state index in [0.717, 1.165) is 47.9 Å². The number of hydrogen-bond donors (Lipinski definition) is 1. The molecule has 1 saturated heterocycles. The maximum Gasteiger partial charge on any atom is 0.161 e. The number of methoxy groups -OCH3 is 2. The summed E-state index contributed by atoms with van der Waals surface area (Å²) >= 11 is 5.40. The third-order valence-corrected chi connectivity index (χ3v) is 6.00. The van der Waals surface area contributed by atoms with Gasteiger partial charge in [0, 0.05) is 24.5 Å². The molecule has 1 aliphatic rings. The Labute approximate surface area is 155 Å². The van der Waals surface area contributed by atoms with E-state index >= 15 is 0 Å². The Kier molecular flexibility index (Phi) is 6.16. The molecule has 1 fully saturated rings. The van der Waals surface area contributed by atoms with E-state index in [9.17, 15) is 0 Å². The highest BCUT2D eigenvalue weighted by atomic mass is 79.9. The van der Waals surface area contributed by atoms with Gasteiger partial charge in [-0.15, -0.1) is 11.3 Å². The van der Waals surface area contributed by atoms with Crippen molar-refractivity contribution in [3.63, 3.8) is 0 Å². The quantitative estimate of drug-likeness (QED) is 0.809. The lowest BCUT2D eigenvalue weighted by Crippen LogP contribution is -2.32. The molecule has 24 heavy (non-hydrogen) atoms. The lowest BCUT2D eigenvalue weighted by Gasteiger charge is -2.30. The van der Waals surface area contributed by atoms with Crippen molar-refractivity contribution in [3.8, 4) is 11.5 Å². The van der Waals surface area contributed by atoms with Gasteiger partial charge in [-0.3, -0.25) is 4.90 Å². The lowest BCUT2D eigenvalue weighted by atomic mass is 10.0. The molecule has 0 aliphatic carbocycles. The topological polar surface area (TPSA) is 33.7 Å². The van der Waals surface area contributed by atoms with Gasteiger partial charge in [0.25, 0.3) is 0 Å². The molecular formula is C18H23BrN2O2S.